The van der Waals surface area contributed by atoms with Crippen LogP contribution in [-0.4, -0.2) is 5.78 Å². The fraction of sp³-hybridized carbons (Fsp3) is 0.500. The number of thiophene rings is 1. The van der Waals surface area contributed by atoms with Crippen LogP contribution in [0.5, 0.6) is 0 Å². The number of hydrogen-bond donors (Lipinski definition) is 0. The van der Waals surface area contributed by atoms with Crippen molar-refractivity contribution in [1.82, 2.24) is 0 Å². The summed E-state index contributed by atoms with van der Waals surface area (Å²) in [6, 6.07) is 1.74. The molecule has 0 atom stereocenters. The summed E-state index contributed by atoms with van der Waals surface area (Å²) >= 11 is 7.15. The van der Waals surface area contributed by atoms with Gasteiger partial charge in [-0.1, -0.05) is 32.4 Å². The van der Waals surface area contributed by atoms with E-state index in [-0.39, 0.29) is 11.2 Å². The van der Waals surface area contributed by atoms with Crippen molar-refractivity contribution < 1.29 is 4.79 Å². The minimum atomic E-state index is 0.0492. The molecule has 1 rings (SSSR count). The van der Waals surface area contributed by atoms with Crippen LogP contribution in [0.4, 0.5) is 0 Å². The van der Waals surface area contributed by atoms with Crippen LogP contribution in [0.3, 0.4) is 0 Å². The third kappa shape index (κ3) is 3.49. The van der Waals surface area contributed by atoms with Crippen LogP contribution in [0, 0.1) is 5.41 Å². The maximum absolute atomic E-state index is 11.6. The average molecular weight is 217 g/mol. The standard InChI is InChI=1S/C10H13ClOS/c1-10(2,3)5-8(12)9-4-7(11)6-13-9/h4,6H,5H2,1-3H3. The molecule has 72 valence electrons. The lowest BCUT2D eigenvalue weighted by Gasteiger charge is -2.15. The third-order valence-electron chi connectivity index (χ3n) is 1.53. The fourth-order valence-electron chi connectivity index (χ4n) is 1.03. The van der Waals surface area contributed by atoms with Crippen molar-refractivity contribution in [2.45, 2.75) is 27.2 Å². The van der Waals surface area contributed by atoms with Crippen LogP contribution in [0.2, 0.25) is 5.02 Å². The van der Waals surface area contributed by atoms with Crippen molar-refractivity contribution in [1.29, 1.82) is 0 Å². The Balaban J connectivity index is 2.70. The summed E-state index contributed by atoms with van der Waals surface area (Å²) in [5.74, 6) is 0.185. The zero-order valence-corrected chi connectivity index (χ0v) is 9.63. The zero-order valence-electron chi connectivity index (χ0n) is 8.06. The first kappa shape index (κ1) is 10.7. The molecule has 1 aromatic heterocycles. The third-order valence-corrected chi connectivity index (χ3v) is 2.85. The molecule has 0 fully saturated rings. The quantitative estimate of drug-likeness (QED) is 0.683. The van der Waals surface area contributed by atoms with Gasteiger partial charge in [-0.05, 0) is 11.5 Å². The van der Waals surface area contributed by atoms with Crippen molar-refractivity contribution in [3.63, 3.8) is 0 Å². The number of rotatable bonds is 2. The van der Waals surface area contributed by atoms with Crippen LogP contribution in [0.15, 0.2) is 11.4 Å². The van der Waals surface area contributed by atoms with Crippen molar-refractivity contribution in [3.8, 4) is 0 Å². The van der Waals surface area contributed by atoms with Gasteiger partial charge in [0.05, 0.1) is 9.90 Å². The monoisotopic (exact) mass is 216 g/mol. The van der Waals surface area contributed by atoms with Gasteiger partial charge < -0.3 is 0 Å². The molecule has 0 aliphatic rings. The van der Waals surface area contributed by atoms with Gasteiger partial charge in [-0.2, -0.15) is 0 Å². The molecule has 1 heterocycles. The molecule has 0 saturated heterocycles. The van der Waals surface area contributed by atoms with Crippen LogP contribution in [-0.2, 0) is 0 Å². The van der Waals surface area contributed by atoms with E-state index in [0.29, 0.717) is 11.4 Å². The molecule has 0 aliphatic carbocycles. The first-order chi connectivity index (χ1) is 5.88. The van der Waals surface area contributed by atoms with Gasteiger partial charge >= 0.3 is 0 Å². The van der Waals surface area contributed by atoms with Crippen LogP contribution in [0.1, 0.15) is 36.9 Å². The molecule has 0 radical (unpaired) electrons. The number of Topliss-reactive ketones (excluding diaryl/α,β-unsaturated/α-hetero) is 1. The van der Waals surface area contributed by atoms with E-state index in [0.717, 1.165) is 4.88 Å². The van der Waals surface area contributed by atoms with Gasteiger partial charge in [0, 0.05) is 11.8 Å². The normalized spacial score (nSPS) is 11.7. The molecule has 0 saturated carbocycles. The minimum Gasteiger partial charge on any atom is -0.293 e. The van der Waals surface area contributed by atoms with Crippen LogP contribution in [0.25, 0.3) is 0 Å². The molecule has 0 aromatic carbocycles. The van der Waals surface area contributed by atoms with Crippen LogP contribution < -0.4 is 0 Å². The number of hydrogen-bond acceptors (Lipinski definition) is 2. The average Bonchev–Trinajstić information content (AvgIpc) is 2.31. The Morgan fingerprint density at radius 1 is 1.54 bits per heavy atom. The highest BCUT2D eigenvalue weighted by atomic mass is 35.5. The number of carbonyl (C=O) groups is 1. The number of ketones is 1. The predicted octanol–water partition coefficient (Wildman–Crippen LogP) is 4.02. The Morgan fingerprint density at radius 2 is 2.15 bits per heavy atom. The summed E-state index contributed by atoms with van der Waals surface area (Å²) < 4.78 is 0. The topological polar surface area (TPSA) is 17.1 Å². The van der Waals surface area contributed by atoms with E-state index < -0.39 is 0 Å². The van der Waals surface area contributed by atoms with E-state index in [1.165, 1.54) is 11.3 Å². The molecule has 0 amide bonds. The van der Waals surface area contributed by atoms with Gasteiger partial charge in [0.1, 0.15) is 0 Å². The highest BCUT2D eigenvalue weighted by Gasteiger charge is 2.18. The lowest BCUT2D eigenvalue weighted by molar-refractivity contribution is 0.0944. The van der Waals surface area contributed by atoms with E-state index >= 15 is 0 Å². The van der Waals surface area contributed by atoms with Gasteiger partial charge in [0.2, 0.25) is 0 Å². The van der Waals surface area contributed by atoms with Gasteiger partial charge in [0.25, 0.3) is 0 Å². The highest BCUT2D eigenvalue weighted by molar-refractivity contribution is 7.12. The Morgan fingerprint density at radius 3 is 2.54 bits per heavy atom. The van der Waals surface area contributed by atoms with Crippen LogP contribution >= 0.6 is 22.9 Å². The Kier molecular flexibility index (Phi) is 3.14. The van der Waals surface area contributed by atoms with E-state index in [4.69, 9.17) is 11.6 Å². The van der Waals surface area contributed by atoms with Gasteiger partial charge in [0.15, 0.2) is 5.78 Å². The molecule has 0 unspecified atom stereocenters. The number of halogens is 1. The summed E-state index contributed by atoms with van der Waals surface area (Å²) in [5.41, 5.74) is 0.0492. The highest BCUT2D eigenvalue weighted by Crippen LogP contribution is 2.26. The second kappa shape index (κ2) is 3.81. The molecule has 1 aromatic rings. The maximum atomic E-state index is 11.6. The number of carbonyl (C=O) groups excluding carboxylic acids is 1. The molecular weight excluding hydrogens is 204 g/mol. The predicted molar refractivity (Wildman–Crippen MR) is 57.7 cm³/mol. The maximum Gasteiger partial charge on any atom is 0.173 e. The SMILES string of the molecule is CC(C)(C)CC(=O)c1cc(Cl)cs1. The fourth-order valence-corrected chi connectivity index (χ4v) is 2.04. The lowest BCUT2D eigenvalue weighted by Crippen LogP contribution is -2.11. The molecule has 0 aliphatic heterocycles. The van der Waals surface area contributed by atoms with Gasteiger partial charge in [-0.3, -0.25) is 4.79 Å². The van der Waals surface area contributed by atoms with Gasteiger partial charge in [-0.25, -0.2) is 0 Å². The smallest absolute Gasteiger partial charge is 0.173 e. The summed E-state index contributed by atoms with van der Waals surface area (Å²) in [5, 5.41) is 2.44. The van der Waals surface area contributed by atoms with E-state index in [2.05, 4.69) is 20.8 Å². The summed E-state index contributed by atoms with van der Waals surface area (Å²) in [4.78, 5) is 12.4. The molecule has 1 nitrogen and oxygen atoms in total. The van der Waals surface area contributed by atoms with Gasteiger partial charge in [-0.15, -0.1) is 11.3 Å². The van der Waals surface area contributed by atoms with Crippen molar-refractivity contribution in [2.24, 2.45) is 5.41 Å². The molecule has 13 heavy (non-hydrogen) atoms. The molecule has 0 N–H and O–H groups in total. The lowest BCUT2D eigenvalue weighted by atomic mass is 9.90. The second-order valence-corrected chi connectivity index (χ2v) is 5.64. The van der Waals surface area contributed by atoms with E-state index in [9.17, 15) is 4.79 Å². The largest absolute Gasteiger partial charge is 0.293 e. The van der Waals surface area contributed by atoms with Crippen molar-refractivity contribution in [2.75, 3.05) is 0 Å². The molecular formula is C10H13ClOS. The first-order valence-corrected chi connectivity index (χ1v) is 5.41. The Hall–Kier alpha value is -0.340. The van der Waals surface area contributed by atoms with Crippen molar-refractivity contribution >= 4 is 28.7 Å². The summed E-state index contributed by atoms with van der Waals surface area (Å²) in [7, 11) is 0. The first-order valence-electron chi connectivity index (χ1n) is 4.16. The summed E-state index contributed by atoms with van der Waals surface area (Å²) in [6.07, 6.45) is 0.573. The molecule has 3 heteroatoms. The molecule has 0 bridgehead atoms. The van der Waals surface area contributed by atoms with Crippen molar-refractivity contribution in [3.05, 3.63) is 21.3 Å². The summed E-state index contributed by atoms with van der Waals surface area (Å²) in [6.45, 7) is 6.17. The minimum absolute atomic E-state index is 0.0492. The second-order valence-electron chi connectivity index (χ2n) is 4.29. The Bertz CT molecular complexity index is 309. The van der Waals surface area contributed by atoms with E-state index in [1.807, 2.05) is 0 Å². The van der Waals surface area contributed by atoms with E-state index in [1.54, 1.807) is 11.4 Å². The zero-order chi connectivity index (χ0) is 10.1. The molecule has 0 spiro atoms. The Labute approximate surface area is 87.7 Å².